The third-order valence-corrected chi connectivity index (χ3v) is 3.37. The summed E-state index contributed by atoms with van der Waals surface area (Å²) in [5, 5.41) is 5.65. The summed E-state index contributed by atoms with van der Waals surface area (Å²) < 4.78 is 39.0. The second kappa shape index (κ2) is 3.64. The van der Waals surface area contributed by atoms with Crippen LogP contribution in [-0.4, -0.2) is 21.5 Å². The van der Waals surface area contributed by atoms with Crippen LogP contribution in [-0.2, 0) is 14.8 Å². The third kappa shape index (κ3) is 1.91. The number of hydrogen-bond acceptors (Lipinski definition) is 5. The topological polar surface area (TPSA) is 86.5 Å². The van der Waals surface area contributed by atoms with Crippen molar-refractivity contribution >= 4 is 27.3 Å². The van der Waals surface area contributed by atoms with Crippen molar-refractivity contribution in [1.82, 2.24) is 0 Å². The molecule has 0 amide bonds. The number of methoxy groups -OCH3 is 1. The zero-order chi connectivity index (χ0) is 10.9. The van der Waals surface area contributed by atoms with Crippen LogP contribution < -0.4 is 5.14 Å². The molecule has 0 atom stereocenters. The van der Waals surface area contributed by atoms with Crippen LogP contribution in [0.2, 0.25) is 0 Å². The summed E-state index contributed by atoms with van der Waals surface area (Å²) in [5.41, 5.74) is 0. The number of esters is 1. The minimum Gasteiger partial charge on any atom is -0.465 e. The van der Waals surface area contributed by atoms with E-state index in [-0.39, 0.29) is 0 Å². The number of hydrogen-bond donors (Lipinski definition) is 1. The molecule has 0 bridgehead atoms. The molecule has 0 aliphatic heterocycles. The monoisotopic (exact) mass is 239 g/mol. The number of ether oxygens (including phenoxy) is 1. The fourth-order valence-corrected chi connectivity index (χ4v) is 2.57. The standard InChI is InChI=1S/C6H6FNO4S2/c1-12-6(9)5-4(7)3(2-13-5)14(8,10)11/h2H,1H3,(H2,8,10,11). The summed E-state index contributed by atoms with van der Waals surface area (Å²) in [5.74, 6) is -2.09. The van der Waals surface area contributed by atoms with Crippen LogP contribution in [0, 0.1) is 5.82 Å². The highest BCUT2D eigenvalue weighted by Gasteiger charge is 2.24. The highest BCUT2D eigenvalue weighted by Crippen LogP contribution is 2.24. The lowest BCUT2D eigenvalue weighted by molar-refractivity contribution is 0.0601. The van der Waals surface area contributed by atoms with E-state index >= 15 is 0 Å². The molecule has 5 nitrogen and oxygen atoms in total. The first-order valence-electron chi connectivity index (χ1n) is 3.26. The smallest absolute Gasteiger partial charge is 0.351 e. The Labute approximate surface area is 83.3 Å². The molecule has 1 aromatic rings. The van der Waals surface area contributed by atoms with Gasteiger partial charge in [-0.15, -0.1) is 11.3 Å². The molecule has 0 saturated heterocycles. The lowest BCUT2D eigenvalue weighted by Gasteiger charge is -1.95. The molecule has 8 heteroatoms. The summed E-state index contributed by atoms with van der Waals surface area (Å²) in [6.07, 6.45) is 0. The van der Waals surface area contributed by atoms with Gasteiger partial charge in [-0.3, -0.25) is 0 Å². The second-order valence-corrected chi connectivity index (χ2v) is 4.69. The van der Waals surface area contributed by atoms with Crippen molar-refractivity contribution in [3.05, 3.63) is 16.1 Å². The largest absolute Gasteiger partial charge is 0.465 e. The van der Waals surface area contributed by atoms with Gasteiger partial charge in [0.2, 0.25) is 10.0 Å². The maximum Gasteiger partial charge on any atom is 0.351 e. The molecule has 1 aromatic heterocycles. The Bertz CT molecular complexity index is 464. The Morgan fingerprint density at radius 1 is 1.64 bits per heavy atom. The highest BCUT2D eigenvalue weighted by molar-refractivity contribution is 7.89. The predicted octanol–water partition coefficient (Wildman–Crippen LogP) is 0.321. The zero-order valence-corrected chi connectivity index (χ0v) is 8.62. The van der Waals surface area contributed by atoms with Crippen LogP contribution >= 0.6 is 11.3 Å². The molecule has 1 rings (SSSR count). The molecule has 0 radical (unpaired) electrons. The second-order valence-electron chi connectivity index (χ2n) is 2.28. The SMILES string of the molecule is COC(=O)c1scc(S(N)(=O)=O)c1F. The van der Waals surface area contributed by atoms with Crippen molar-refractivity contribution in [3.63, 3.8) is 0 Å². The number of sulfonamides is 1. The Balaban J connectivity index is 3.29. The van der Waals surface area contributed by atoms with E-state index in [1.165, 1.54) is 0 Å². The van der Waals surface area contributed by atoms with Crippen molar-refractivity contribution in [1.29, 1.82) is 0 Å². The van der Waals surface area contributed by atoms with E-state index < -0.39 is 31.6 Å². The molecular formula is C6H6FNO4S2. The van der Waals surface area contributed by atoms with Gasteiger partial charge < -0.3 is 4.74 Å². The van der Waals surface area contributed by atoms with Gasteiger partial charge in [0.1, 0.15) is 9.77 Å². The number of rotatable bonds is 2. The Kier molecular flexibility index (Phi) is 2.88. The average molecular weight is 239 g/mol. The van der Waals surface area contributed by atoms with Crippen LogP contribution in [0.25, 0.3) is 0 Å². The van der Waals surface area contributed by atoms with E-state index in [1.807, 2.05) is 0 Å². The molecule has 0 unspecified atom stereocenters. The van der Waals surface area contributed by atoms with E-state index in [0.717, 1.165) is 12.5 Å². The summed E-state index contributed by atoms with van der Waals surface area (Å²) in [6, 6.07) is 0. The summed E-state index contributed by atoms with van der Waals surface area (Å²) in [4.78, 5) is 9.79. The fraction of sp³-hybridized carbons (Fsp3) is 0.167. The normalized spacial score (nSPS) is 11.4. The van der Waals surface area contributed by atoms with Gasteiger partial charge in [0.05, 0.1) is 7.11 Å². The van der Waals surface area contributed by atoms with Crippen molar-refractivity contribution in [3.8, 4) is 0 Å². The van der Waals surface area contributed by atoms with Gasteiger partial charge in [-0.25, -0.2) is 22.7 Å². The van der Waals surface area contributed by atoms with Gasteiger partial charge in [-0.1, -0.05) is 0 Å². The van der Waals surface area contributed by atoms with E-state index in [0.29, 0.717) is 11.3 Å². The fourth-order valence-electron chi connectivity index (χ4n) is 0.750. The molecule has 0 fully saturated rings. The highest BCUT2D eigenvalue weighted by atomic mass is 32.2. The Morgan fingerprint density at radius 3 is 2.57 bits per heavy atom. The first kappa shape index (κ1) is 11.1. The average Bonchev–Trinajstić information content (AvgIpc) is 2.45. The minimum atomic E-state index is -4.13. The number of carbonyl (C=O) groups is 1. The van der Waals surface area contributed by atoms with Gasteiger partial charge in [-0.2, -0.15) is 0 Å². The molecule has 1 heterocycles. The van der Waals surface area contributed by atoms with Gasteiger partial charge >= 0.3 is 5.97 Å². The van der Waals surface area contributed by atoms with Crippen molar-refractivity contribution in [2.24, 2.45) is 5.14 Å². The van der Waals surface area contributed by atoms with Crippen LogP contribution in [0.15, 0.2) is 10.3 Å². The van der Waals surface area contributed by atoms with Crippen molar-refractivity contribution in [2.45, 2.75) is 4.90 Å². The quantitative estimate of drug-likeness (QED) is 0.753. The third-order valence-electron chi connectivity index (χ3n) is 1.38. The molecule has 14 heavy (non-hydrogen) atoms. The number of nitrogens with two attached hydrogens (primary N) is 1. The summed E-state index contributed by atoms with van der Waals surface area (Å²) in [7, 11) is -3.06. The molecule has 0 spiro atoms. The van der Waals surface area contributed by atoms with Crippen LogP contribution in [0.5, 0.6) is 0 Å². The molecule has 0 aliphatic rings. The van der Waals surface area contributed by atoms with Crippen LogP contribution in [0.3, 0.4) is 0 Å². The Morgan fingerprint density at radius 2 is 2.21 bits per heavy atom. The van der Waals surface area contributed by atoms with Gasteiger partial charge in [0, 0.05) is 5.38 Å². The maximum atomic E-state index is 13.2. The lowest BCUT2D eigenvalue weighted by atomic mass is 10.4. The lowest BCUT2D eigenvalue weighted by Crippen LogP contribution is -2.13. The molecule has 0 saturated carbocycles. The molecule has 78 valence electrons. The van der Waals surface area contributed by atoms with E-state index in [4.69, 9.17) is 5.14 Å². The van der Waals surface area contributed by atoms with Crippen LogP contribution in [0.1, 0.15) is 9.67 Å². The predicted molar refractivity (Wildman–Crippen MR) is 47.0 cm³/mol. The number of thiophene rings is 1. The minimum absolute atomic E-state index is 0.406. The van der Waals surface area contributed by atoms with Crippen molar-refractivity contribution < 1.29 is 22.3 Å². The summed E-state index contributed by atoms with van der Waals surface area (Å²) >= 11 is 0.627. The van der Waals surface area contributed by atoms with E-state index in [9.17, 15) is 17.6 Å². The first-order valence-corrected chi connectivity index (χ1v) is 5.68. The van der Waals surface area contributed by atoms with Crippen molar-refractivity contribution in [2.75, 3.05) is 7.11 Å². The molecule has 0 aromatic carbocycles. The zero-order valence-electron chi connectivity index (χ0n) is 6.98. The Hall–Kier alpha value is -0.990. The van der Waals surface area contributed by atoms with Gasteiger partial charge in [-0.05, 0) is 0 Å². The van der Waals surface area contributed by atoms with Gasteiger partial charge in [0.15, 0.2) is 5.82 Å². The number of halogens is 1. The molecule has 2 N–H and O–H groups in total. The first-order chi connectivity index (χ1) is 6.38. The van der Waals surface area contributed by atoms with Gasteiger partial charge in [0.25, 0.3) is 0 Å². The molecular weight excluding hydrogens is 233 g/mol. The number of primary sulfonamides is 1. The maximum absolute atomic E-state index is 13.2. The van der Waals surface area contributed by atoms with E-state index in [1.54, 1.807) is 0 Å². The van der Waals surface area contributed by atoms with E-state index in [2.05, 4.69) is 4.74 Å². The molecule has 0 aliphatic carbocycles. The summed E-state index contributed by atoms with van der Waals surface area (Å²) in [6.45, 7) is 0. The number of carbonyl (C=O) groups excluding carboxylic acids is 1. The van der Waals surface area contributed by atoms with Crippen LogP contribution in [0.4, 0.5) is 4.39 Å².